The van der Waals surface area contributed by atoms with E-state index in [0.29, 0.717) is 17.0 Å². The van der Waals surface area contributed by atoms with E-state index in [1.165, 1.54) is 18.3 Å². The van der Waals surface area contributed by atoms with E-state index in [2.05, 4.69) is 0 Å². The number of nitrogens with zero attached hydrogens (tertiary/aromatic N) is 1. The van der Waals surface area contributed by atoms with Gasteiger partial charge in [-0.15, -0.1) is 11.3 Å². The maximum Gasteiger partial charge on any atom is 0.349 e. The van der Waals surface area contributed by atoms with Gasteiger partial charge < -0.3 is 9.64 Å². The molecule has 25 heavy (non-hydrogen) atoms. The number of Topliss-reactive ketones (excluding diaryl/α,β-unsaturated/α-hetero) is 1. The third-order valence-corrected chi connectivity index (χ3v) is 5.34. The minimum absolute atomic E-state index is 0.00792. The van der Waals surface area contributed by atoms with Crippen molar-refractivity contribution in [1.82, 2.24) is 0 Å². The van der Waals surface area contributed by atoms with Crippen molar-refractivity contribution in [3.05, 3.63) is 51.2 Å². The highest BCUT2D eigenvalue weighted by atomic mass is 32.1. The summed E-state index contributed by atoms with van der Waals surface area (Å²) in [7, 11) is 0. The smallest absolute Gasteiger partial charge is 0.349 e. The Morgan fingerprint density at radius 3 is 2.64 bits per heavy atom. The van der Waals surface area contributed by atoms with Crippen molar-refractivity contribution in [1.29, 1.82) is 0 Å². The number of carbonyl (C=O) groups excluding carboxylic acids is 3. The molecule has 0 aliphatic carbocycles. The molecular weight excluding hydrogens is 338 g/mol. The number of esters is 1. The van der Waals surface area contributed by atoms with Crippen LogP contribution in [0.1, 0.15) is 45.0 Å². The topological polar surface area (TPSA) is 63.7 Å². The van der Waals surface area contributed by atoms with E-state index in [0.717, 1.165) is 23.2 Å². The summed E-state index contributed by atoms with van der Waals surface area (Å²) in [5.74, 6) is -0.727. The lowest BCUT2D eigenvalue weighted by atomic mass is 10.0. The second-order valence-electron chi connectivity index (χ2n) is 6.11. The number of anilines is 1. The highest BCUT2D eigenvalue weighted by Crippen LogP contribution is 2.29. The molecule has 1 atom stereocenters. The van der Waals surface area contributed by atoms with Gasteiger partial charge in [-0.25, -0.2) is 4.79 Å². The van der Waals surface area contributed by atoms with Gasteiger partial charge in [-0.1, -0.05) is 0 Å². The lowest BCUT2D eigenvalue weighted by molar-refractivity contribution is -0.116. The first kappa shape index (κ1) is 17.4. The largest absolute Gasteiger partial charge is 0.450 e. The number of hydrogen-bond donors (Lipinski definition) is 0. The first-order valence-electron chi connectivity index (χ1n) is 8.09. The van der Waals surface area contributed by atoms with Crippen molar-refractivity contribution < 1.29 is 19.1 Å². The third-order valence-electron chi connectivity index (χ3n) is 4.34. The maximum atomic E-state index is 12.6. The van der Waals surface area contributed by atoms with Crippen molar-refractivity contribution >= 4 is 34.7 Å². The standard InChI is InChI=1S/C19H19NO4S/c1-11-7-9-25-18(11)19(23)24-12(2)17(22)15-4-5-16-14(10-15)6-8-20(16)13(3)21/h4-5,7,9-10,12H,6,8H2,1-3H3. The molecule has 0 saturated carbocycles. The van der Waals surface area contributed by atoms with Gasteiger partial charge >= 0.3 is 5.97 Å². The van der Waals surface area contributed by atoms with Gasteiger partial charge in [-0.3, -0.25) is 9.59 Å². The summed E-state index contributed by atoms with van der Waals surface area (Å²) in [6.07, 6.45) is -0.143. The number of fused-ring (bicyclic) bond motifs is 1. The molecule has 1 aliphatic heterocycles. The van der Waals surface area contributed by atoms with Gasteiger partial charge in [0.05, 0.1) is 0 Å². The average Bonchev–Trinajstić information content (AvgIpc) is 3.19. The molecule has 1 amide bonds. The molecule has 3 rings (SSSR count). The van der Waals surface area contributed by atoms with Gasteiger partial charge in [-0.2, -0.15) is 0 Å². The summed E-state index contributed by atoms with van der Waals surface area (Å²) < 4.78 is 5.33. The van der Waals surface area contributed by atoms with Crippen molar-refractivity contribution in [3.8, 4) is 0 Å². The predicted octanol–water partition coefficient (Wildman–Crippen LogP) is 3.39. The molecule has 1 aliphatic rings. The molecule has 0 fully saturated rings. The van der Waals surface area contributed by atoms with Crippen LogP contribution in [0.4, 0.5) is 5.69 Å². The molecule has 2 heterocycles. The van der Waals surface area contributed by atoms with Gasteiger partial charge in [0.1, 0.15) is 4.88 Å². The number of carbonyl (C=O) groups is 3. The molecule has 0 spiro atoms. The van der Waals surface area contributed by atoms with Crippen LogP contribution in [0.15, 0.2) is 29.6 Å². The molecule has 6 heteroatoms. The Balaban J connectivity index is 1.74. The van der Waals surface area contributed by atoms with E-state index < -0.39 is 12.1 Å². The summed E-state index contributed by atoms with van der Waals surface area (Å²) in [6.45, 7) is 5.58. The molecular formula is C19H19NO4S. The number of thiophene rings is 1. The molecule has 0 saturated heterocycles. The molecule has 0 N–H and O–H groups in total. The Hall–Kier alpha value is -2.47. The summed E-state index contributed by atoms with van der Waals surface area (Å²) in [5, 5.41) is 1.82. The number of amides is 1. The van der Waals surface area contributed by atoms with E-state index >= 15 is 0 Å². The van der Waals surface area contributed by atoms with E-state index in [1.54, 1.807) is 30.0 Å². The minimum Gasteiger partial charge on any atom is -0.450 e. The third kappa shape index (κ3) is 3.35. The number of benzene rings is 1. The van der Waals surface area contributed by atoms with E-state index in [9.17, 15) is 14.4 Å². The van der Waals surface area contributed by atoms with E-state index in [4.69, 9.17) is 4.74 Å². The minimum atomic E-state index is -0.864. The Kier molecular flexibility index (Phi) is 4.72. The average molecular weight is 357 g/mol. The second-order valence-corrected chi connectivity index (χ2v) is 7.02. The summed E-state index contributed by atoms with van der Waals surface area (Å²) in [4.78, 5) is 38.6. The van der Waals surface area contributed by atoms with Crippen molar-refractivity contribution in [3.63, 3.8) is 0 Å². The molecule has 1 aromatic heterocycles. The van der Waals surface area contributed by atoms with Crippen LogP contribution in [0.5, 0.6) is 0 Å². The van der Waals surface area contributed by atoms with E-state index in [-0.39, 0.29) is 11.7 Å². The molecule has 2 aromatic rings. The van der Waals surface area contributed by atoms with Gasteiger partial charge in [0.15, 0.2) is 6.10 Å². The Labute approximate surface area is 150 Å². The second kappa shape index (κ2) is 6.80. The normalized spacial score (nSPS) is 14.1. The van der Waals surface area contributed by atoms with Crippen molar-refractivity contribution in [2.24, 2.45) is 0 Å². The highest BCUT2D eigenvalue weighted by molar-refractivity contribution is 7.12. The SMILES string of the molecule is CC(=O)N1CCc2cc(C(=O)C(C)OC(=O)c3sccc3C)ccc21. The van der Waals surface area contributed by atoms with Crippen molar-refractivity contribution in [2.75, 3.05) is 11.4 Å². The Morgan fingerprint density at radius 2 is 2.00 bits per heavy atom. The van der Waals surface area contributed by atoms with Crippen LogP contribution in [0.25, 0.3) is 0 Å². The van der Waals surface area contributed by atoms with Crippen LogP contribution in [0.2, 0.25) is 0 Å². The van der Waals surface area contributed by atoms with Gasteiger partial charge in [0.2, 0.25) is 11.7 Å². The quantitative estimate of drug-likeness (QED) is 0.621. The van der Waals surface area contributed by atoms with Crippen LogP contribution >= 0.6 is 11.3 Å². The Bertz CT molecular complexity index is 855. The van der Waals surface area contributed by atoms with Crippen LogP contribution in [-0.2, 0) is 16.0 Å². The molecule has 1 unspecified atom stereocenters. The first-order valence-corrected chi connectivity index (χ1v) is 8.96. The maximum absolute atomic E-state index is 12.6. The number of aryl methyl sites for hydroxylation is 1. The molecule has 5 nitrogen and oxygen atoms in total. The molecule has 0 bridgehead atoms. The van der Waals surface area contributed by atoms with Gasteiger partial charge in [0, 0.05) is 24.7 Å². The molecule has 0 radical (unpaired) electrons. The lowest BCUT2D eigenvalue weighted by Gasteiger charge is -2.16. The first-order chi connectivity index (χ1) is 11.9. The monoisotopic (exact) mass is 357 g/mol. The van der Waals surface area contributed by atoms with Crippen LogP contribution < -0.4 is 4.90 Å². The van der Waals surface area contributed by atoms with Gasteiger partial charge in [0.25, 0.3) is 0 Å². The van der Waals surface area contributed by atoms with E-state index in [1.807, 2.05) is 18.4 Å². The lowest BCUT2D eigenvalue weighted by Crippen LogP contribution is -2.26. The van der Waals surface area contributed by atoms with Crippen LogP contribution in [-0.4, -0.2) is 30.3 Å². The fraction of sp³-hybridized carbons (Fsp3) is 0.316. The molecule has 130 valence electrons. The summed E-state index contributed by atoms with van der Waals surface area (Å²) >= 11 is 1.30. The Morgan fingerprint density at radius 1 is 1.24 bits per heavy atom. The predicted molar refractivity (Wildman–Crippen MR) is 96.4 cm³/mol. The van der Waals surface area contributed by atoms with Crippen LogP contribution in [0.3, 0.4) is 0 Å². The fourth-order valence-electron chi connectivity index (χ4n) is 2.97. The number of rotatable bonds is 4. The number of hydrogen-bond acceptors (Lipinski definition) is 5. The zero-order valence-corrected chi connectivity index (χ0v) is 15.2. The number of ketones is 1. The van der Waals surface area contributed by atoms with Crippen molar-refractivity contribution in [2.45, 2.75) is 33.3 Å². The zero-order chi connectivity index (χ0) is 18.1. The summed E-state index contributed by atoms with van der Waals surface area (Å²) in [5.41, 5.74) is 3.15. The summed E-state index contributed by atoms with van der Waals surface area (Å²) in [6, 6.07) is 7.11. The highest BCUT2D eigenvalue weighted by Gasteiger charge is 2.26. The molecule has 1 aromatic carbocycles. The zero-order valence-electron chi connectivity index (χ0n) is 14.4. The van der Waals surface area contributed by atoms with Crippen LogP contribution in [0, 0.1) is 6.92 Å². The number of ether oxygens (including phenoxy) is 1. The van der Waals surface area contributed by atoms with Gasteiger partial charge in [-0.05, 0) is 61.0 Å². The fourth-order valence-corrected chi connectivity index (χ4v) is 3.77.